The second-order valence-electron chi connectivity index (χ2n) is 8.32. The molecule has 3 aromatic rings. The van der Waals surface area contributed by atoms with Crippen LogP contribution >= 0.6 is 0 Å². The lowest BCUT2D eigenvalue weighted by Crippen LogP contribution is -3.07. The van der Waals surface area contributed by atoms with Crippen LogP contribution in [0.25, 0.3) is 0 Å². The first kappa shape index (κ1) is 24.5. The Balaban J connectivity index is 1.72. The molecule has 0 heterocycles. The Morgan fingerprint density at radius 1 is 0.909 bits per heavy atom. The SMILES string of the molecule is Cc1ccc(S(=O)(=O)N(CCC(=O)NC[C@@H](c2ccccc2)[NH+](C)C)c2ccccc2)cc1. The third kappa shape index (κ3) is 6.43. The van der Waals surface area contributed by atoms with E-state index in [1.54, 1.807) is 48.5 Å². The number of nitrogens with one attached hydrogen (secondary N) is 2. The first-order valence-corrected chi connectivity index (χ1v) is 12.5. The molecule has 0 spiro atoms. The number of aryl methyl sites for hydroxylation is 1. The van der Waals surface area contributed by atoms with E-state index in [1.807, 2.05) is 31.2 Å². The second-order valence-corrected chi connectivity index (χ2v) is 10.2. The fourth-order valence-electron chi connectivity index (χ4n) is 3.67. The predicted molar refractivity (Wildman–Crippen MR) is 132 cm³/mol. The van der Waals surface area contributed by atoms with Gasteiger partial charge in [0.05, 0.1) is 31.2 Å². The van der Waals surface area contributed by atoms with E-state index in [0.29, 0.717) is 12.2 Å². The highest BCUT2D eigenvalue weighted by atomic mass is 32.2. The maximum absolute atomic E-state index is 13.4. The van der Waals surface area contributed by atoms with Gasteiger partial charge in [0.2, 0.25) is 5.91 Å². The summed E-state index contributed by atoms with van der Waals surface area (Å²) in [7, 11) is 0.296. The summed E-state index contributed by atoms with van der Waals surface area (Å²) < 4.78 is 28.1. The van der Waals surface area contributed by atoms with Crippen LogP contribution in [0.1, 0.15) is 23.6 Å². The van der Waals surface area contributed by atoms with E-state index in [9.17, 15) is 13.2 Å². The molecule has 0 aliphatic carbocycles. The van der Waals surface area contributed by atoms with Crippen molar-refractivity contribution in [3.8, 4) is 0 Å². The Labute approximate surface area is 196 Å². The average molecular weight is 467 g/mol. The van der Waals surface area contributed by atoms with Gasteiger partial charge in [0.25, 0.3) is 10.0 Å². The van der Waals surface area contributed by atoms with Gasteiger partial charge in [-0.2, -0.15) is 0 Å². The average Bonchev–Trinajstić information content (AvgIpc) is 2.80. The van der Waals surface area contributed by atoms with Crippen LogP contribution in [-0.2, 0) is 14.8 Å². The highest BCUT2D eigenvalue weighted by Crippen LogP contribution is 2.24. The number of para-hydroxylation sites is 1. The number of carbonyl (C=O) groups is 1. The van der Waals surface area contributed by atoms with Gasteiger partial charge in [0, 0.05) is 18.5 Å². The van der Waals surface area contributed by atoms with Gasteiger partial charge in [-0.15, -0.1) is 0 Å². The largest absolute Gasteiger partial charge is 0.350 e. The molecule has 0 fully saturated rings. The molecule has 33 heavy (non-hydrogen) atoms. The molecule has 0 radical (unpaired) electrons. The molecule has 3 aromatic carbocycles. The van der Waals surface area contributed by atoms with Gasteiger partial charge in [-0.1, -0.05) is 66.2 Å². The minimum atomic E-state index is -3.81. The van der Waals surface area contributed by atoms with Crippen molar-refractivity contribution >= 4 is 21.6 Å². The van der Waals surface area contributed by atoms with Crippen LogP contribution in [0, 0.1) is 6.92 Å². The zero-order valence-corrected chi connectivity index (χ0v) is 20.2. The van der Waals surface area contributed by atoms with Crippen LogP contribution in [0.4, 0.5) is 5.69 Å². The minimum Gasteiger partial charge on any atom is -0.350 e. The highest BCUT2D eigenvalue weighted by Gasteiger charge is 2.26. The molecule has 0 aliphatic rings. The molecule has 0 saturated carbocycles. The number of anilines is 1. The van der Waals surface area contributed by atoms with Crippen molar-refractivity contribution in [2.75, 3.05) is 31.5 Å². The fourth-order valence-corrected chi connectivity index (χ4v) is 5.13. The van der Waals surface area contributed by atoms with Gasteiger partial charge >= 0.3 is 0 Å². The van der Waals surface area contributed by atoms with Gasteiger partial charge in [0.15, 0.2) is 0 Å². The number of quaternary nitrogens is 1. The van der Waals surface area contributed by atoms with E-state index in [2.05, 4.69) is 31.5 Å². The van der Waals surface area contributed by atoms with Crippen molar-refractivity contribution in [2.45, 2.75) is 24.3 Å². The van der Waals surface area contributed by atoms with E-state index >= 15 is 0 Å². The van der Waals surface area contributed by atoms with E-state index in [0.717, 1.165) is 11.1 Å². The van der Waals surface area contributed by atoms with Crippen molar-refractivity contribution in [3.63, 3.8) is 0 Å². The van der Waals surface area contributed by atoms with Gasteiger partial charge < -0.3 is 10.2 Å². The lowest BCUT2D eigenvalue weighted by Gasteiger charge is -2.25. The summed E-state index contributed by atoms with van der Waals surface area (Å²) in [4.78, 5) is 14.1. The Morgan fingerprint density at radius 3 is 2.06 bits per heavy atom. The summed E-state index contributed by atoms with van der Waals surface area (Å²) in [5, 5.41) is 2.99. The van der Waals surface area contributed by atoms with Crippen LogP contribution in [0.2, 0.25) is 0 Å². The third-order valence-electron chi connectivity index (χ3n) is 5.60. The van der Waals surface area contributed by atoms with Crippen LogP contribution in [0.5, 0.6) is 0 Å². The molecule has 0 aliphatic heterocycles. The molecule has 0 bridgehead atoms. The topological polar surface area (TPSA) is 70.9 Å². The highest BCUT2D eigenvalue weighted by molar-refractivity contribution is 7.92. The number of likely N-dealkylation sites (N-methyl/N-ethyl adjacent to an activating group) is 1. The van der Waals surface area contributed by atoms with Gasteiger partial charge in [-0.25, -0.2) is 8.42 Å². The van der Waals surface area contributed by atoms with Crippen LogP contribution in [0.3, 0.4) is 0 Å². The molecular formula is C26H32N3O3S+. The third-order valence-corrected chi connectivity index (χ3v) is 7.44. The number of sulfonamides is 1. The summed E-state index contributed by atoms with van der Waals surface area (Å²) in [6.07, 6.45) is 0.0598. The van der Waals surface area contributed by atoms with Gasteiger partial charge in [-0.05, 0) is 31.2 Å². The lowest BCUT2D eigenvalue weighted by atomic mass is 10.1. The molecule has 0 unspecified atom stereocenters. The molecule has 1 atom stereocenters. The van der Waals surface area contributed by atoms with Crippen molar-refractivity contribution < 1.29 is 18.1 Å². The number of nitrogens with zero attached hydrogens (tertiary/aromatic N) is 1. The standard InChI is InChI=1S/C26H31N3O3S/c1-21-14-16-24(17-15-21)33(31,32)29(23-12-8-5-9-13-23)19-18-26(30)27-20-25(28(2)3)22-10-6-4-7-11-22/h4-17,25H,18-20H2,1-3H3,(H,27,30)/p+1/t25-/m0/s1. The normalized spacial score (nSPS) is 12.4. The Bertz CT molecular complexity index is 1130. The molecule has 174 valence electrons. The molecule has 1 amide bonds. The lowest BCUT2D eigenvalue weighted by molar-refractivity contribution is -0.890. The van der Waals surface area contributed by atoms with E-state index in [1.165, 1.54) is 9.21 Å². The summed E-state index contributed by atoms with van der Waals surface area (Å²) in [5.74, 6) is -0.183. The van der Waals surface area contributed by atoms with Crippen molar-refractivity contribution in [1.82, 2.24) is 5.32 Å². The second kappa shape index (κ2) is 11.1. The fraction of sp³-hybridized carbons (Fsp3) is 0.269. The number of benzene rings is 3. The maximum atomic E-state index is 13.4. The summed E-state index contributed by atoms with van der Waals surface area (Å²) in [6, 6.07) is 25.8. The number of hydrogen-bond acceptors (Lipinski definition) is 3. The summed E-state index contributed by atoms with van der Waals surface area (Å²) >= 11 is 0. The van der Waals surface area contributed by atoms with Crippen LogP contribution in [-0.4, -0.2) is 41.5 Å². The predicted octanol–water partition coefficient (Wildman–Crippen LogP) is 2.58. The van der Waals surface area contributed by atoms with Crippen LogP contribution in [0.15, 0.2) is 89.8 Å². The number of rotatable bonds is 10. The maximum Gasteiger partial charge on any atom is 0.264 e. The van der Waals surface area contributed by atoms with Crippen molar-refractivity contribution in [1.29, 1.82) is 0 Å². The number of hydrogen-bond donors (Lipinski definition) is 2. The van der Waals surface area contributed by atoms with Gasteiger partial charge in [-0.3, -0.25) is 9.10 Å². The smallest absolute Gasteiger partial charge is 0.264 e. The van der Waals surface area contributed by atoms with E-state index < -0.39 is 10.0 Å². The Kier molecular flexibility index (Phi) is 8.25. The monoisotopic (exact) mass is 466 g/mol. The Morgan fingerprint density at radius 2 is 1.48 bits per heavy atom. The first-order valence-electron chi connectivity index (χ1n) is 11.0. The van der Waals surface area contributed by atoms with Gasteiger partial charge in [0.1, 0.15) is 6.04 Å². The molecular weight excluding hydrogens is 434 g/mol. The van der Waals surface area contributed by atoms with Crippen molar-refractivity contribution in [3.05, 3.63) is 96.1 Å². The quantitative estimate of drug-likeness (QED) is 0.483. The zero-order valence-electron chi connectivity index (χ0n) is 19.4. The molecule has 7 heteroatoms. The minimum absolute atomic E-state index is 0.0525. The summed E-state index contributed by atoms with van der Waals surface area (Å²) in [6.45, 7) is 2.44. The van der Waals surface area contributed by atoms with Crippen molar-refractivity contribution in [2.24, 2.45) is 0 Å². The molecule has 3 rings (SSSR count). The van der Waals surface area contributed by atoms with Crippen LogP contribution < -0.4 is 14.5 Å². The molecule has 0 aromatic heterocycles. The molecule has 2 N–H and O–H groups in total. The molecule has 6 nitrogen and oxygen atoms in total. The van der Waals surface area contributed by atoms with E-state index in [4.69, 9.17) is 0 Å². The molecule has 0 saturated heterocycles. The number of amides is 1. The Hall–Kier alpha value is -3.16. The number of carbonyl (C=O) groups excluding carboxylic acids is 1. The zero-order chi connectivity index (χ0) is 23.8. The van der Waals surface area contributed by atoms with E-state index in [-0.39, 0.29) is 29.8 Å². The first-order chi connectivity index (χ1) is 15.8. The summed E-state index contributed by atoms with van der Waals surface area (Å²) in [5.41, 5.74) is 2.66.